The van der Waals surface area contributed by atoms with E-state index in [9.17, 15) is 18.8 Å². The number of aryl methyl sites for hydroxylation is 1. The number of thiophene rings is 1. The molecule has 1 atom stereocenters. The van der Waals surface area contributed by atoms with E-state index in [1.165, 1.54) is 46.8 Å². The molecule has 3 amide bonds. The van der Waals surface area contributed by atoms with E-state index in [0.717, 1.165) is 5.56 Å². The van der Waals surface area contributed by atoms with Gasteiger partial charge in [-0.2, -0.15) is 0 Å². The summed E-state index contributed by atoms with van der Waals surface area (Å²) >= 11 is 1.25. The van der Waals surface area contributed by atoms with Crippen molar-refractivity contribution in [2.75, 3.05) is 11.4 Å². The van der Waals surface area contributed by atoms with E-state index in [4.69, 9.17) is 4.42 Å². The lowest BCUT2D eigenvalue weighted by atomic mass is 10.0. The minimum atomic E-state index is -1.09. The predicted molar refractivity (Wildman–Crippen MR) is 135 cm³/mol. The van der Waals surface area contributed by atoms with Crippen LogP contribution >= 0.6 is 11.3 Å². The lowest BCUT2D eigenvalue weighted by Crippen LogP contribution is -2.47. The normalized spacial score (nSPS) is 11.5. The van der Waals surface area contributed by atoms with Crippen molar-refractivity contribution in [1.82, 2.24) is 10.6 Å². The summed E-state index contributed by atoms with van der Waals surface area (Å²) in [7, 11) is 0. The molecule has 9 heteroatoms. The van der Waals surface area contributed by atoms with Crippen LogP contribution in [0.4, 0.5) is 10.1 Å². The van der Waals surface area contributed by atoms with E-state index in [0.29, 0.717) is 21.9 Å². The fraction of sp³-hybridized carbons (Fsp3) is 0.148. The molecule has 36 heavy (non-hydrogen) atoms. The molecule has 0 unspecified atom stereocenters. The number of halogens is 1. The number of carbonyl (C=O) groups is 3. The Hall–Kier alpha value is -4.24. The van der Waals surface area contributed by atoms with Gasteiger partial charge in [-0.1, -0.05) is 35.9 Å². The van der Waals surface area contributed by atoms with Gasteiger partial charge in [0.25, 0.3) is 5.91 Å². The van der Waals surface area contributed by atoms with Crippen molar-refractivity contribution in [3.8, 4) is 0 Å². The van der Waals surface area contributed by atoms with Crippen LogP contribution in [0.1, 0.15) is 32.6 Å². The first-order chi connectivity index (χ1) is 17.4. The third-order valence-electron chi connectivity index (χ3n) is 5.44. The van der Waals surface area contributed by atoms with E-state index in [2.05, 4.69) is 10.6 Å². The molecule has 2 N–H and O–H groups in total. The van der Waals surface area contributed by atoms with Crippen molar-refractivity contribution >= 4 is 34.7 Å². The summed E-state index contributed by atoms with van der Waals surface area (Å²) in [6, 6.07) is 18.2. The number of amides is 3. The molecule has 0 aliphatic rings. The molecule has 4 rings (SSSR count). The molecular formula is C27H24FN3O4S. The number of carbonyl (C=O) groups excluding carboxylic acids is 3. The molecule has 2 heterocycles. The number of nitrogens with zero attached hydrogens (tertiary/aromatic N) is 1. The molecule has 0 radical (unpaired) electrons. The highest BCUT2D eigenvalue weighted by atomic mass is 32.1. The van der Waals surface area contributed by atoms with Gasteiger partial charge in [0.05, 0.1) is 24.2 Å². The fourth-order valence-electron chi connectivity index (χ4n) is 3.63. The summed E-state index contributed by atoms with van der Waals surface area (Å²) in [6.45, 7) is 1.68. The van der Waals surface area contributed by atoms with Crippen molar-refractivity contribution in [2.24, 2.45) is 0 Å². The molecule has 2 aromatic carbocycles. The van der Waals surface area contributed by atoms with Crippen LogP contribution in [-0.4, -0.2) is 24.3 Å². The Labute approximate surface area is 211 Å². The van der Waals surface area contributed by atoms with Crippen LogP contribution in [0.5, 0.6) is 0 Å². The molecule has 0 spiro atoms. The number of hydrogen-bond donors (Lipinski definition) is 2. The SMILES string of the molecule is Cc1ccc([C@H](C(=O)NCc2ccco2)N(C(=O)CNC(=O)c2cccs2)c2ccc(F)cc2)cc1. The van der Waals surface area contributed by atoms with Gasteiger partial charge in [0, 0.05) is 5.69 Å². The first kappa shape index (κ1) is 24.9. The molecule has 2 aromatic heterocycles. The summed E-state index contributed by atoms with van der Waals surface area (Å²) in [5.41, 5.74) is 1.85. The molecule has 0 saturated heterocycles. The van der Waals surface area contributed by atoms with Crippen LogP contribution < -0.4 is 15.5 Å². The highest BCUT2D eigenvalue weighted by Gasteiger charge is 2.33. The standard InChI is InChI=1S/C27H24FN3O4S/c1-18-6-8-19(9-7-18)25(27(34)29-16-22-4-2-14-35-22)31(21-12-10-20(28)11-13-21)24(32)17-30-26(33)23-5-3-15-36-23/h2-15,25H,16-17H2,1H3,(H,29,34)(H,30,33)/t25-/m1/s1. The van der Waals surface area contributed by atoms with E-state index in [1.54, 1.807) is 41.8 Å². The quantitative estimate of drug-likeness (QED) is 0.348. The lowest BCUT2D eigenvalue weighted by Gasteiger charge is -2.31. The molecule has 4 aromatic rings. The summed E-state index contributed by atoms with van der Waals surface area (Å²) in [5.74, 6) is -1.32. The van der Waals surface area contributed by atoms with Gasteiger partial charge in [0.2, 0.25) is 11.8 Å². The number of furan rings is 1. The number of anilines is 1. The van der Waals surface area contributed by atoms with Crippen LogP contribution in [0.15, 0.2) is 88.9 Å². The first-order valence-corrected chi connectivity index (χ1v) is 12.1. The smallest absolute Gasteiger partial charge is 0.261 e. The third-order valence-corrected chi connectivity index (χ3v) is 6.30. The zero-order valence-electron chi connectivity index (χ0n) is 19.4. The second-order valence-electron chi connectivity index (χ2n) is 8.01. The van der Waals surface area contributed by atoms with Gasteiger partial charge in [0.15, 0.2) is 0 Å². The van der Waals surface area contributed by atoms with Gasteiger partial charge < -0.3 is 15.1 Å². The second kappa shape index (κ2) is 11.5. The molecule has 0 bridgehead atoms. The van der Waals surface area contributed by atoms with Crippen molar-refractivity contribution in [2.45, 2.75) is 19.5 Å². The van der Waals surface area contributed by atoms with Crippen LogP contribution in [0.3, 0.4) is 0 Å². The highest BCUT2D eigenvalue weighted by Crippen LogP contribution is 2.29. The number of hydrogen-bond acceptors (Lipinski definition) is 5. The van der Waals surface area contributed by atoms with Gasteiger partial charge in [-0.3, -0.25) is 19.3 Å². The van der Waals surface area contributed by atoms with Crippen molar-refractivity contribution in [3.63, 3.8) is 0 Å². The molecule has 0 fully saturated rings. The maximum Gasteiger partial charge on any atom is 0.261 e. The fourth-order valence-corrected chi connectivity index (χ4v) is 4.27. The number of rotatable bonds is 9. The first-order valence-electron chi connectivity index (χ1n) is 11.2. The molecular weight excluding hydrogens is 481 g/mol. The van der Waals surface area contributed by atoms with Crippen molar-refractivity contribution < 1.29 is 23.2 Å². The minimum Gasteiger partial charge on any atom is -0.467 e. The minimum absolute atomic E-state index is 0.120. The zero-order valence-corrected chi connectivity index (χ0v) is 20.3. The summed E-state index contributed by atoms with van der Waals surface area (Å²) < 4.78 is 19.0. The Morgan fingerprint density at radius 1 is 0.972 bits per heavy atom. The van der Waals surface area contributed by atoms with E-state index in [-0.39, 0.29) is 13.1 Å². The average molecular weight is 506 g/mol. The summed E-state index contributed by atoms with van der Waals surface area (Å²) in [6.07, 6.45) is 1.50. The van der Waals surface area contributed by atoms with Crippen LogP contribution in [-0.2, 0) is 16.1 Å². The molecule has 184 valence electrons. The van der Waals surface area contributed by atoms with Gasteiger partial charge in [-0.25, -0.2) is 4.39 Å². The average Bonchev–Trinajstić information content (AvgIpc) is 3.60. The van der Waals surface area contributed by atoms with Crippen molar-refractivity contribution in [1.29, 1.82) is 0 Å². The Morgan fingerprint density at radius 2 is 1.72 bits per heavy atom. The van der Waals surface area contributed by atoms with Gasteiger partial charge in [-0.15, -0.1) is 11.3 Å². The predicted octanol–water partition coefficient (Wildman–Crippen LogP) is 4.61. The van der Waals surface area contributed by atoms with E-state index in [1.807, 2.05) is 19.1 Å². The Kier molecular flexibility index (Phi) is 7.92. The molecule has 0 saturated carbocycles. The summed E-state index contributed by atoms with van der Waals surface area (Å²) in [4.78, 5) is 41.3. The van der Waals surface area contributed by atoms with Crippen LogP contribution in [0, 0.1) is 12.7 Å². The Morgan fingerprint density at radius 3 is 2.36 bits per heavy atom. The van der Waals surface area contributed by atoms with Gasteiger partial charge in [0.1, 0.15) is 17.6 Å². The monoisotopic (exact) mass is 505 g/mol. The number of benzene rings is 2. The van der Waals surface area contributed by atoms with E-state index < -0.39 is 29.6 Å². The summed E-state index contributed by atoms with van der Waals surface area (Å²) in [5, 5.41) is 7.19. The molecule has 0 aliphatic carbocycles. The van der Waals surface area contributed by atoms with E-state index >= 15 is 0 Å². The maximum absolute atomic E-state index is 13.7. The van der Waals surface area contributed by atoms with Crippen LogP contribution in [0.25, 0.3) is 0 Å². The van der Waals surface area contributed by atoms with Gasteiger partial charge >= 0.3 is 0 Å². The van der Waals surface area contributed by atoms with Crippen molar-refractivity contribution in [3.05, 3.63) is 112 Å². The highest BCUT2D eigenvalue weighted by molar-refractivity contribution is 7.12. The maximum atomic E-state index is 13.7. The Bertz CT molecular complexity index is 1300. The Balaban J connectivity index is 1.67. The number of nitrogens with one attached hydrogen (secondary N) is 2. The third kappa shape index (κ3) is 6.05. The topological polar surface area (TPSA) is 91.7 Å². The van der Waals surface area contributed by atoms with Crippen LogP contribution in [0.2, 0.25) is 0 Å². The zero-order chi connectivity index (χ0) is 25.5. The second-order valence-corrected chi connectivity index (χ2v) is 8.96. The molecule has 0 aliphatic heterocycles. The lowest BCUT2D eigenvalue weighted by molar-refractivity contribution is -0.126. The van der Waals surface area contributed by atoms with Gasteiger partial charge in [-0.05, 0) is 60.3 Å². The largest absolute Gasteiger partial charge is 0.467 e. The molecule has 7 nitrogen and oxygen atoms in total.